The van der Waals surface area contributed by atoms with Crippen LogP contribution in [0.1, 0.15) is 20.7 Å². The summed E-state index contributed by atoms with van der Waals surface area (Å²) in [6, 6.07) is 6.89. The van der Waals surface area contributed by atoms with Crippen LogP contribution in [0.2, 0.25) is 0 Å². The number of hydrogen-bond donors (Lipinski definition) is 3. The molecule has 0 radical (unpaired) electrons. The molecule has 7 heteroatoms. The van der Waals surface area contributed by atoms with Crippen LogP contribution in [0.3, 0.4) is 0 Å². The van der Waals surface area contributed by atoms with E-state index in [-0.39, 0.29) is 22.5 Å². The molecule has 2 rings (SSSR count). The zero-order valence-electron chi connectivity index (χ0n) is 10.7. The van der Waals surface area contributed by atoms with Gasteiger partial charge in [0.1, 0.15) is 11.6 Å². The zero-order chi connectivity index (χ0) is 15.6. The molecule has 2 aromatic rings. The molecule has 5 nitrogen and oxygen atoms in total. The number of benzene rings is 2. The molecule has 0 unspecified atom stereocenters. The van der Waals surface area contributed by atoms with Gasteiger partial charge in [0.15, 0.2) is 0 Å². The van der Waals surface area contributed by atoms with E-state index in [1.807, 2.05) is 0 Å². The number of nitrogens with one attached hydrogen (secondary N) is 1. The van der Waals surface area contributed by atoms with E-state index < -0.39 is 23.4 Å². The molecule has 0 bridgehead atoms. The van der Waals surface area contributed by atoms with Crippen LogP contribution in [0, 0.1) is 11.6 Å². The van der Waals surface area contributed by atoms with E-state index in [0.29, 0.717) is 0 Å². The van der Waals surface area contributed by atoms with E-state index in [0.717, 1.165) is 18.2 Å². The van der Waals surface area contributed by atoms with Crippen LogP contribution in [0.5, 0.6) is 0 Å². The van der Waals surface area contributed by atoms with Gasteiger partial charge in [-0.2, -0.15) is 0 Å². The summed E-state index contributed by atoms with van der Waals surface area (Å²) in [5.41, 5.74) is 10.1. The number of hydrogen-bond acceptors (Lipinski definition) is 3. The average molecular weight is 291 g/mol. The molecule has 21 heavy (non-hydrogen) atoms. The first kappa shape index (κ1) is 14.4. The lowest BCUT2D eigenvalue weighted by atomic mass is 10.1. The third-order valence-corrected chi connectivity index (χ3v) is 2.73. The Labute approximate surface area is 118 Å². The Morgan fingerprint density at radius 2 is 1.67 bits per heavy atom. The lowest BCUT2D eigenvalue weighted by molar-refractivity contribution is 0.0992. The van der Waals surface area contributed by atoms with Crippen LogP contribution in [0.15, 0.2) is 36.4 Å². The van der Waals surface area contributed by atoms with E-state index in [1.165, 1.54) is 18.2 Å². The molecule has 5 N–H and O–H groups in total. The van der Waals surface area contributed by atoms with Crippen molar-refractivity contribution in [1.82, 2.24) is 0 Å². The van der Waals surface area contributed by atoms with E-state index in [4.69, 9.17) is 11.5 Å². The third-order valence-electron chi connectivity index (χ3n) is 2.73. The molecule has 0 spiro atoms. The number of halogens is 2. The molecule has 0 saturated heterocycles. The van der Waals surface area contributed by atoms with Crippen molar-refractivity contribution in [2.45, 2.75) is 0 Å². The molecule has 0 aromatic heterocycles. The van der Waals surface area contributed by atoms with Crippen molar-refractivity contribution in [2.75, 3.05) is 11.1 Å². The summed E-state index contributed by atoms with van der Waals surface area (Å²) >= 11 is 0. The molecular formula is C14H11F2N3O2. The monoisotopic (exact) mass is 291 g/mol. The Kier molecular flexibility index (Phi) is 3.84. The second-order valence-corrected chi connectivity index (χ2v) is 4.25. The van der Waals surface area contributed by atoms with Crippen LogP contribution < -0.4 is 16.8 Å². The van der Waals surface area contributed by atoms with Gasteiger partial charge in [-0.25, -0.2) is 8.78 Å². The minimum absolute atomic E-state index is 0.117. The predicted octanol–water partition coefficient (Wildman–Crippen LogP) is 1.90. The van der Waals surface area contributed by atoms with Crippen molar-refractivity contribution in [3.63, 3.8) is 0 Å². The first-order valence-corrected chi connectivity index (χ1v) is 5.84. The van der Waals surface area contributed by atoms with E-state index >= 15 is 0 Å². The highest BCUT2D eigenvalue weighted by atomic mass is 19.1. The highest BCUT2D eigenvalue weighted by Gasteiger charge is 2.14. The molecule has 2 amide bonds. The SMILES string of the molecule is NC(=O)c1cc(NC(=O)c2ccc(N)cc2F)ccc1F. The first-order chi connectivity index (χ1) is 9.88. The predicted molar refractivity (Wildman–Crippen MR) is 73.7 cm³/mol. The minimum Gasteiger partial charge on any atom is -0.399 e. The molecule has 0 aliphatic rings. The standard InChI is InChI=1S/C14H11F2N3O2/c15-11-4-2-8(6-10(11)13(18)20)19-14(21)9-3-1-7(17)5-12(9)16/h1-6H,17H2,(H2,18,20)(H,19,21). The molecule has 0 atom stereocenters. The largest absolute Gasteiger partial charge is 0.399 e. The topological polar surface area (TPSA) is 98.2 Å². The zero-order valence-corrected chi connectivity index (χ0v) is 10.7. The summed E-state index contributed by atoms with van der Waals surface area (Å²) < 4.78 is 26.9. The van der Waals surface area contributed by atoms with Gasteiger partial charge in [-0.05, 0) is 36.4 Å². The van der Waals surface area contributed by atoms with Crippen LogP contribution in [-0.2, 0) is 0 Å². The fraction of sp³-hybridized carbons (Fsp3) is 0. The molecule has 0 aliphatic carbocycles. The van der Waals surface area contributed by atoms with Crippen molar-refractivity contribution in [3.05, 3.63) is 59.2 Å². The Bertz CT molecular complexity index is 732. The lowest BCUT2D eigenvalue weighted by Gasteiger charge is -2.08. The molecule has 108 valence electrons. The summed E-state index contributed by atoms with van der Waals surface area (Å²) in [5.74, 6) is -3.32. The Balaban J connectivity index is 2.27. The number of rotatable bonds is 3. The highest BCUT2D eigenvalue weighted by molar-refractivity contribution is 6.05. The number of carbonyl (C=O) groups excluding carboxylic acids is 2. The van der Waals surface area contributed by atoms with Crippen LogP contribution in [0.4, 0.5) is 20.2 Å². The van der Waals surface area contributed by atoms with Gasteiger partial charge < -0.3 is 16.8 Å². The summed E-state index contributed by atoms with van der Waals surface area (Å²) in [6.07, 6.45) is 0. The van der Waals surface area contributed by atoms with Crippen molar-refractivity contribution in [1.29, 1.82) is 0 Å². The van der Waals surface area contributed by atoms with Gasteiger partial charge in [-0.1, -0.05) is 0 Å². The number of carbonyl (C=O) groups is 2. The maximum absolute atomic E-state index is 13.6. The lowest BCUT2D eigenvalue weighted by Crippen LogP contribution is -2.16. The maximum Gasteiger partial charge on any atom is 0.258 e. The van der Waals surface area contributed by atoms with Gasteiger partial charge >= 0.3 is 0 Å². The highest BCUT2D eigenvalue weighted by Crippen LogP contribution is 2.17. The Morgan fingerprint density at radius 1 is 0.952 bits per heavy atom. The fourth-order valence-electron chi connectivity index (χ4n) is 1.71. The van der Waals surface area contributed by atoms with Gasteiger partial charge in [0.05, 0.1) is 11.1 Å². The fourth-order valence-corrected chi connectivity index (χ4v) is 1.71. The first-order valence-electron chi connectivity index (χ1n) is 5.84. The Hall–Kier alpha value is -2.96. The minimum atomic E-state index is -0.970. The molecular weight excluding hydrogens is 280 g/mol. The molecule has 0 saturated carbocycles. The molecule has 0 aliphatic heterocycles. The molecule has 0 heterocycles. The van der Waals surface area contributed by atoms with E-state index in [1.54, 1.807) is 0 Å². The van der Waals surface area contributed by atoms with Crippen molar-refractivity contribution in [2.24, 2.45) is 5.73 Å². The quantitative estimate of drug-likeness (QED) is 0.753. The molecule has 2 aromatic carbocycles. The second-order valence-electron chi connectivity index (χ2n) is 4.25. The number of nitrogens with two attached hydrogens (primary N) is 2. The van der Waals surface area contributed by atoms with Gasteiger partial charge in [0.2, 0.25) is 0 Å². The van der Waals surface area contributed by atoms with Gasteiger partial charge in [-0.3, -0.25) is 9.59 Å². The van der Waals surface area contributed by atoms with E-state index in [9.17, 15) is 18.4 Å². The number of amides is 2. The smallest absolute Gasteiger partial charge is 0.258 e. The second kappa shape index (κ2) is 5.58. The summed E-state index contributed by atoms with van der Waals surface area (Å²) in [5, 5.41) is 2.35. The van der Waals surface area contributed by atoms with Crippen molar-refractivity contribution in [3.8, 4) is 0 Å². The van der Waals surface area contributed by atoms with Gasteiger partial charge in [0, 0.05) is 11.4 Å². The van der Waals surface area contributed by atoms with Gasteiger partial charge in [0.25, 0.3) is 11.8 Å². The number of primary amides is 1. The van der Waals surface area contributed by atoms with Crippen molar-refractivity contribution < 1.29 is 18.4 Å². The number of anilines is 2. The van der Waals surface area contributed by atoms with Crippen LogP contribution in [0.25, 0.3) is 0 Å². The van der Waals surface area contributed by atoms with Crippen LogP contribution >= 0.6 is 0 Å². The number of nitrogen functional groups attached to an aromatic ring is 1. The Morgan fingerprint density at radius 3 is 2.29 bits per heavy atom. The van der Waals surface area contributed by atoms with E-state index in [2.05, 4.69) is 5.32 Å². The van der Waals surface area contributed by atoms with Gasteiger partial charge in [-0.15, -0.1) is 0 Å². The molecule has 0 fully saturated rings. The maximum atomic E-state index is 13.6. The normalized spacial score (nSPS) is 10.2. The summed E-state index contributed by atoms with van der Waals surface area (Å²) in [7, 11) is 0. The third kappa shape index (κ3) is 3.14. The summed E-state index contributed by atoms with van der Waals surface area (Å²) in [6.45, 7) is 0. The van der Waals surface area contributed by atoms with Crippen LogP contribution in [-0.4, -0.2) is 11.8 Å². The average Bonchev–Trinajstić information content (AvgIpc) is 2.40. The van der Waals surface area contributed by atoms with Crippen molar-refractivity contribution >= 4 is 23.2 Å². The summed E-state index contributed by atoms with van der Waals surface area (Å²) in [4.78, 5) is 22.9.